The van der Waals surface area contributed by atoms with E-state index >= 15 is 0 Å². The number of nitrogens with one attached hydrogen (secondary N) is 1. The summed E-state index contributed by atoms with van der Waals surface area (Å²) in [7, 11) is 0. The van der Waals surface area contributed by atoms with E-state index in [1.807, 2.05) is 36.4 Å². The molecule has 2 N–H and O–H groups in total. The predicted molar refractivity (Wildman–Crippen MR) is 113 cm³/mol. The number of carbonyl (C=O) groups is 4. The molecule has 1 aliphatic carbocycles. The summed E-state index contributed by atoms with van der Waals surface area (Å²) in [6.07, 6.45) is 3.52. The number of amides is 3. The van der Waals surface area contributed by atoms with Crippen LogP contribution in [0.4, 0.5) is 5.69 Å². The Hall–Kier alpha value is -3.78. The topological polar surface area (TPSA) is 107 Å². The van der Waals surface area contributed by atoms with Gasteiger partial charge in [0.15, 0.2) is 0 Å². The number of aliphatic carboxylic acids is 1. The summed E-state index contributed by atoms with van der Waals surface area (Å²) in [6.45, 7) is 0.0640. The molecule has 160 valence electrons. The third-order valence-corrected chi connectivity index (χ3v) is 6.72. The number of hydrogen-bond donors (Lipinski definition) is 2. The van der Waals surface area contributed by atoms with Crippen LogP contribution >= 0.6 is 0 Å². The molecule has 4 aliphatic rings. The second-order valence-electron chi connectivity index (χ2n) is 8.42. The first-order valence-electron chi connectivity index (χ1n) is 10.6. The fourth-order valence-electron chi connectivity index (χ4n) is 5.36. The Kier molecular flexibility index (Phi) is 3.91. The van der Waals surface area contributed by atoms with E-state index in [4.69, 9.17) is 5.11 Å². The lowest BCUT2D eigenvalue weighted by Crippen LogP contribution is -2.49. The Morgan fingerprint density at radius 1 is 0.969 bits per heavy atom. The molecule has 0 spiro atoms. The number of carboxylic acids is 1. The zero-order valence-corrected chi connectivity index (χ0v) is 16.9. The lowest BCUT2D eigenvalue weighted by Gasteiger charge is -2.43. The van der Waals surface area contributed by atoms with Crippen LogP contribution in [0.3, 0.4) is 0 Å². The number of carboxylic acid groups (broad SMARTS) is 1. The van der Waals surface area contributed by atoms with Crippen LogP contribution in [0.2, 0.25) is 0 Å². The number of benzene rings is 2. The molecule has 3 aliphatic heterocycles. The molecule has 32 heavy (non-hydrogen) atoms. The summed E-state index contributed by atoms with van der Waals surface area (Å²) < 4.78 is 0. The smallest absolute Gasteiger partial charge is 0.303 e. The van der Waals surface area contributed by atoms with Crippen LogP contribution in [0.25, 0.3) is 0 Å². The summed E-state index contributed by atoms with van der Waals surface area (Å²) in [5.74, 6) is -2.47. The minimum atomic E-state index is -0.964. The highest BCUT2D eigenvalue weighted by Gasteiger charge is 2.48. The molecule has 2 aromatic carbocycles. The van der Waals surface area contributed by atoms with Crippen molar-refractivity contribution in [2.24, 2.45) is 0 Å². The molecule has 0 saturated heterocycles. The zero-order chi connectivity index (χ0) is 22.1. The lowest BCUT2D eigenvalue weighted by atomic mass is 9.77. The van der Waals surface area contributed by atoms with E-state index in [1.165, 1.54) is 0 Å². The van der Waals surface area contributed by atoms with Crippen LogP contribution in [0.15, 0.2) is 48.6 Å². The first-order chi connectivity index (χ1) is 15.5. The number of rotatable bonds is 4. The molecule has 2 aromatic rings. The van der Waals surface area contributed by atoms with Gasteiger partial charge in [0.2, 0.25) is 5.91 Å². The van der Waals surface area contributed by atoms with Crippen molar-refractivity contribution >= 4 is 29.4 Å². The van der Waals surface area contributed by atoms with Gasteiger partial charge in [-0.1, -0.05) is 30.4 Å². The summed E-state index contributed by atoms with van der Waals surface area (Å²) in [6, 6.07) is 10.7. The Morgan fingerprint density at radius 3 is 2.59 bits per heavy atom. The van der Waals surface area contributed by atoms with E-state index in [-0.39, 0.29) is 43.4 Å². The molecule has 0 radical (unpaired) electrons. The van der Waals surface area contributed by atoms with Crippen molar-refractivity contribution in [3.05, 3.63) is 76.4 Å². The molecule has 3 heterocycles. The minimum absolute atomic E-state index is 0.0640. The SMILES string of the molecule is O=C(O)CCCN1C(=O)c2ccc3c4c2C(C=CC4NC2c4ccccc4C(=O)N32)C1=O. The zero-order valence-electron chi connectivity index (χ0n) is 16.9. The van der Waals surface area contributed by atoms with Crippen LogP contribution in [0.1, 0.15) is 68.4 Å². The van der Waals surface area contributed by atoms with Gasteiger partial charge in [-0.15, -0.1) is 0 Å². The number of fused-ring (bicyclic) bond motifs is 4. The molecule has 6 rings (SSSR count). The molecular formula is C24H19N3O5. The van der Waals surface area contributed by atoms with Gasteiger partial charge in [-0.05, 0) is 30.2 Å². The van der Waals surface area contributed by atoms with Gasteiger partial charge in [0.1, 0.15) is 6.17 Å². The van der Waals surface area contributed by atoms with Gasteiger partial charge in [-0.3, -0.25) is 34.3 Å². The fourth-order valence-corrected chi connectivity index (χ4v) is 5.36. The van der Waals surface area contributed by atoms with Crippen LogP contribution in [0.5, 0.6) is 0 Å². The number of carbonyl (C=O) groups excluding carboxylic acids is 3. The summed E-state index contributed by atoms with van der Waals surface area (Å²) in [5.41, 5.74) is 4.14. The Morgan fingerprint density at radius 2 is 1.78 bits per heavy atom. The second-order valence-corrected chi connectivity index (χ2v) is 8.42. The molecule has 3 atom stereocenters. The lowest BCUT2D eigenvalue weighted by molar-refractivity contribution is -0.138. The maximum Gasteiger partial charge on any atom is 0.303 e. The second kappa shape index (κ2) is 6.61. The van der Waals surface area contributed by atoms with Gasteiger partial charge in [0.25, 0.3) is 11.8 Å². The maximum atomic E-state index is 13.2. The van der Waals surface area contributed by atoms with Crippen molar-refractivity contribution in [3.8, 4) is 0 Å². The summed E-state index contributed by atoms with van der Waals surface area (Å²) >= 11 is 0. The van der Waals surface area contributed by atoms with Gasteiger partial charge < -0.3 is 5.11 Å². The number of imide groups is 1. The third-order valence-electron chi connectivity index (χ3n) is 6.72. The average molecular weight is 429 g/mol. The molecule has 0 fully saturated rings. The van der Waals surface area contributed by atoms with Crippen LogP contribution in [-0.4, -0.2) is 40.2 Å². The third kappa shape index (κ3) is 2.41. The van der Waals surface area contributed by atoms with E-state index in [1.54, 1.807) is 17.0 Å². The van der Waals surface area contributed by atoms with E-state index in [2.05, 4.69) is 5.32 Å². The molecule has 0 saturated carbocycles. The Labute approximate surface area is 183 Å². The molecule has 3 amide bonds. The normalized spacial score (nSPS) is 24.4. The molecule has 0 aromatic heterocycles. The van der Waals surface area contributed by atoms with E-state index < -0.39 is 17.8 Å². The first-order valence-corrected chi connectivity index (χ1v) is 10.6. The van der Waals surface area contributed by atoms with Crippen molar-refractivity contribution in [2.45, 2.75) is 31.0 Å². The standard InChI is InChI=1S/C24H19N3O5/c28-18(29)6-3-11-26-22(30)14-7-9-16-20-17(10-8-15(19(14)20)23(26)31)27-21(25-16)12-4-1-2-5-13(12)24(27)32/h1-2,4-5,7-10,14,16,21,25H,3,6,11H2,(H,28,29). The number of nitrogens with zero attached hydrogens (tertiary/aromatic N) is 2. The maximum absolute atomic E-state index is 13.2. The van der Waals surface area contributed by atoms with Crippen molar-refractivity contribution in [1.82, 2.24) is 10.2 Å². The van der Waals surface area contributed by atoms with Crippen LogP contribution in [0, 0.1) is 0 Å². The van der Waals surface area contributed by atoms with Crippen LogP contribution < -0.4 is 10.2 Å². The average Bonchev–Trinajstić information content (AvgIpc) is 3.08. The Balaban J connectivity index is 1.45. The molecule has 8 nitrogen and oxygen atoms in total. The quantitative estimate of drug-likeness (QED) is 0.571. The van der Waals surface area contributed by atoms with Crippen molar-refractivity contribution < 1.29 is 24.3 Å². The minimum Gasteiger partial charge on any atom is -0.481 e. The van der Waals surface area contributed by atoms with Gasteiger partial charge in [0.05, 0.1) is 17.6 Å². The van der Waals surface area contributed by atoms with Crippen molar-refractivity contribution in [1.29, 1.82) is 0 Å². The van der Waals surface area contributed by atoms with E-state index in [9.17, 15) is 19.2 Å². The van der Waals surface area contributed by atoms with E-state index in [0.717, 1.165) is 16.0 Å². The molecule has 0 bridgehead atoms. The summed E-state index contributed by atoms with van der Waals surface area (Å²) in [4.78, 5) is 53.3. The molecule has 8 heteroatoms. The van der Waals surface area contributed by atoms with E-state index in [0.29, 0.717) is 22.4 Å². The highest BCUT2D eigenvalue weighted by atomic mass is 16.4. The molecular weight excluding hydrogens is 410 g/mol. The largest absolute Gasteiger partial charge is 0.481 e. The monoisotopic (exact) mass is 429 g/mol. The van der Waals surface area contributed by atoms with Crippen molar-refractivity contribution in [3.63, 3.8) is 0 Å². The predicted octanol–water partition coefficient (Wildman–Crippen LogP) is 2.49. The highest BCUT2D eigenvalue weighted by molar-refractivity contribution is 6.15. The van der Waals surface area contributed by atoms with Gasteiger partial charge >= 0.3 is 5.97 Å². The fraction of sp³-hybridized carbons (Fsp3) is 0.250. The van der Waals surface area contributed by atoms with Gasteiger partial charge in [-0.2, -0.15) is 0 Å². The van der Waals surface area contributed by atoms with Gasteiger partial charge in [-0.25, -0.2) is 0 Å². The first kappa shape index (κ1) is 18.9. The molecule has 3 unspecified atom stereocenters. The summed E-state index contributed by atoms with van der Waals surface area (Å²) in [5, 5.41) is 12.4. The van der Waals surface area contributed by atoms with Crippen LogP contribution in [-0.2, 0) is 9.59 Å². The number of hydrogen-bond acceptors (Lipinski definition) is 5. The Bertz CT molecular complexity index is 1270. The number of anilines is 1. The van der Waals surface area contributed by atoms with Crippen molar-refractivity contribution in [2.75, 3.05) is 11.4 Å². The van der Waals surface area contributed by atoms with Gasteiger partial charge in [0, 0.05) is 35.2 Å². The highest BCUT2D eigenvalue weighted by Crippen LogP contribution is 2.51.